The molecule has 0 spiro atoms. The van der Waals surface area contributed by atoms with E-state index in [2.05, 4.69) is 5.32 Å². The van der Waals surface area contributed by atoms with E-state index in [4.69, 9.17) is 0 Å². The average molecular weight is 449 g/mol. The second kappa shape index (κ2) is 8.32. The van der Waals surface area contributed by atoms with Crippen LogP contribution in [0.5, 0.6) is 0 Å². The molecule has 0 atom stereocenters. The van der Waals surface area contributed by atoms with Crippen molar-refractivity contribution in [1.29, 1.82) is 0 Å². The van der Waals surface area contributed by atoms with Crippen molar-refractivity contribution in [2.24, 2.45) is 0 Å². The highest BCUT2D eigenvalue weighted by molar-refractivity contribution is 7.89. The van der Waals surface area contributed by atoms with Crippen LogP contribution in [0.1, 0.15) is 31.8 Å². The van der Waals surface area contributed by atoms with Crippen molar-refractivity contribution >= 4 is 27.5 Å². The molecule has 0 fully saturated rings. The molecule has 0 unspecified atom stereocenters. The number of Topliss-reactive ketones (excluding diaryl/α,β-unsaturated/α-hetero) is 1. The fourth-order valence-corrected chi connectivity index (χ4v) is 4.89. The maximum Gasteiger partial charge on any atom is 0.265 e. The van der Waals surface area contributed by atoms with Gasteiger partial charge in [0.15, 0.2) is 5.76 Å². The van der Waals surface area contributed by atoms with E-state index in [1.807, 2.05) is 30.3 Å². The van der Waals surface area contributed by atoms with Gasteiger partial charge in [-0.05, 0) is 29.8 Å². The molecular weight excluding hydrogens is 428 g/mol. The number of carbonyl (C=O) groups is 2. The van der Waals surface area contributed by atoms with E-state index < -0.39 is 21.6 Å². The fourth-order valence-electron chi connectivity index (χ4n) is 3.50. The summed E-state index contributed by atoms with van der Waals surface area (Å²) in [6.07, 6.45) is 0. The van der Waals surface area contributed by atoms with E-state index >= 15 is 0 Å². The number of hydrogen-bond donors (Lipinski definition) is 2. The van der Waals surface area contributed by atoms with Crippen molar-refractivity contribution in [3.63, 3.8) is 0 Å². The monoisotopic (exact) mass is 448 g/mol. The van der Waals surface area contributed by atoms with Gasteiger partial charge in [0.25, 0.3) is 15.9 Å². The molecule has 0 bridgehead atoms. The van der Waals surface area contributed by atoms with Gasteiger partial charge in [-0.2, -0.15) is 0 Å². The van der Waals surface area contributed by atoms with Gasteiger partial charge in [-0.1, -0.05) is 54.6 Å². The first-order valence-electron chi connectivity index (χ1n) is 9.79. The van der Waals surface area contributed by atoms with Crippen molar-refractivity contribution in [3.05, 3.63) is 107 Å². The van der Waals surface area contributed by atoms with Crippen molar-refractivity contribution in [2.45, 2.75) is 11.4 Å². The topological polar surface area (TPSA) is 104 Å². The number of aliphatic hydroxyl groups is 1. The summed E-state index contributed by atoms with van der Waals surface area (Å²) >= 11 is 0. The summed E-state index contributed by atoms with van der Waals surface area (Å²) in [4.78, 5) is 25.5. The van der Waals surface area contributed by atoms with Gasteiger partial charge in [-0.3, -0.25) is 13.9 Å². The highest BCUT2D eigenvalue weighted by atomic mass is 32.2. The summed E-state index contributed by atoms with van der Waals surface area (Å²) in [6, 6.07) is 21.3. The standard InChI is InChI=1S/C24H20N2O5S/c1-26-21(23(28)19-12-5-6-13-20(19)32(26,30)31)22(27)17-10-7-11-18(14-17)24(29)25-15-16-8-3-2-4-9-16/h2-14,27H,15H2,1H3,(H,25,29). The number of ketones is 1. The lowest BCUT2D eigenvalue weighted by atomic mass is 10.0. The molecule has 2 N–H and O–H groups in total. The molecule has 0 aromatic heterocycles. The van der Waals surface area contributed by atoms with E-state index in [9.17, 15) is 23.1 Å². The molecule has 1 aliphatic rings. The van der Waals surface area contributed by atoms with Crippen molar-refractivity contribution in [2.75, 3.05) is 7.05 Å². The summed E-state index contributed by atoms with van der Waals surface area (Å²) in [7, 11) is -2.79. The number of rotatable bonds is 4. The Bertz CT molecular complexity index is 1350. The molecule has 3 aromatic rings. The minimum Gasteiger partial charge on any atom is -0.505 e. The third-order valence-corrected chi connectivity index (χ3v) is 7.03. The van der Waals surface area contributed by atoms with Crippen LogP contribution in [0.2, 0.25) is 0 Å². The summed E-state index contributed by atoms with van der Waals surface area (Å²) in [5.74, 6) is -1.50. The van der Waals surface area contributed by atoms with Gasteiger partial charge in [-0.25, -0.2) is 8.42 Å². The molecule has 7 nitrogen and oxygen atoms in total. The Morgan fingerprint density at radius 3 is 2.34 bits per heavy atom. The van der Waals surface area contributed by atoms with Gasteiger partial charge in [0.2, 0.25) is 5.78 Å². The number of fused-ring (bicyclic) bond motifs is 1. The van der Waals surface area contributed by atoms with Crippen LogP contribution < -0.4 is 5.32 Å². The summed E-state index contributed by atoms with van der Waals surface area (Å²) < 4.78 is 26.5. The number of amides is 1. The second-order valence-corrected chi connectivity index (χ2v) is 9.18. The number of nitrogens with one attached hydrogen (secondary N) is 1. The first-order valence-corrected chi connectivity index (χ1v) is 11.2. The molecule has 162 valence electrons. The molecule has 32 heavy (non-hydrogen) atoms. The van der Waals surface area contributed by atoms with Crippen LogP contribution in [0, 0.1) is 0 Å². The van der Waals surface area contributed by atoms with Crippen molar-refractivity contribution in [3.8, 4) is 0 Å². The fraction of sp³-hybridized carbons (Fsp3) is 0.0833. The Morgan fingerprint density at radius 1 is 0.938 bits per heavy atom. The van der Waals surface area contributed by atoms with E-state index in [0.29, 0.717) is 6.54 Å². The maximum absolute atomic E-state index is 13.0. The summed E-state index contributed by atoms with van der Waals surface area (Å²) in [6.45, 7) is 0.327. The molecule has 1 heterocycles. The molecule has 1 aliphatic heterocycles. The van der Waals surface area contributed by atoms with E-state index in [1.54, 1.807) is 18.2 Å². The number of aliphatic hydroxyl groups excluding tert-OH is 1. The zero-order valence-corrected chi connectivity index (χ0v) is 18.0. The Kier molecular flexibility index (Phi) is 5.54. The predicted molar refractivity (Wildman–Crippen MR) is 119 cm³/mol. The van der Waals surface area contributed by atoms with Crippen LogP contribution in [-0.4, -0.2) is 36.6 Å². The zero-order valence-electron chi connectivity index (χ0n) is 17.1. The first-order chi connectivity index (χ1) is 15.3. The summed E-state index contributed by atoms with van der Waals surface area (Å²) in [5, 5.41) is 13.7. The molecular formula is C24H20N2O5S. The SMILES string of the molecule is CN1C(=C(O)c2cccc(C(=O)NCc3ccccc3)c2)C(=O)c2ccccc2S1(=O)=O. The molecule has 0 saturated carbocycles. The Balaban J connectivity index is 1.68. The van der Waals surface area contributed by atoms with E-state index in [-0.39, 0.29) is 33.2 Å². The quantitative estimate of drug-likeness (QED) is 0.471. The molecule has 0 radical (unpaired) electrons. The van der Waals surface area contributed by atoms with Crippen molar-refractivity contribution in [1.82, 2.24) is 9.62 Å². The van der Waals surface area contributed by atoms with Gasteiger partial charge in [0, 0.05) is 30.3 Å². The van der Waals surface area contributed by atoms with Gasteiger partial charge in [0.1, 0.15) is 5.70 Å². The third-order valence-electron chi connectivity index (χ3n) is 5.22. The van der Waals surface area contributed by atoms with Crippen LogP contribution in [0.3, 0.4) is 0 Å². The van der Waals surface area contributed by atoms with Crippen LogP contribution in [0.4, 0.5) is 0 Å². The van der Waals surface area contributed by atoms with E-state index in [1.165, 1.54) is 37.4 Å². The van der Waals surface area contributed by atoms with E-state index in [0.717, 1.165) is 9.87 Å². The highest BCUT2D eigenvalue weighted by Crippen LogP contribution is 2.34. The van der Waals surface area contributed by atoms with Crippen molar-refractivity contribution < 1.29 is 23.1 Å². The minimum absolute atomic E-state index is 0.0103. The lowest BCUT2D eigenvalue weighted by Crippen LogP contribution is -2.37. The van der Waals surface area contributed by atoms with Crippen LogP contribution in [0.25, 0.3) is 5.76 Å². The van der Waals surface area contributed by atoms with Crippen LogP contribution >= 0.6 is 0 Å². The van der Waals surface area contributed by atoms with Gasteiger partial charge < -0.3 is 10.4 Å². The number of allylic oxidation sites excluding steroid dienone is 1. The largest absolute Gasteiger partial charge is 0.505 e. The first kappa shape index (κ1) is 21.3. The zero-order chi connectivity index (χ0) is 22.9. The molecule has 0 saturated heterocycles. The lowest BCUT2D eigenvalue weighted by molar-refractivity contribution is 0.0950. The summed E-state index contributed by atoms with van der Waals surface area (Å²) in [5.41, 5.74) is 0.969. The Morgan fingerprint density at radius 2 is 1.59 bits per heavy atom. The van der Waals surface area contributed by atoms with Gasteiger partial charge >= 0.3 is 0 Å². The highest BCUT2D eigenvalue weighted by Gasteiger charge is 2.39. The number of benzene rings is 3. The molecule has 3 aromatic carbocycles. The second-order valence-electron chi connectivity index (χ2n) is 7.24. The van der Waals surface area contributed by atoms with Crippen LogP contribution in [0.15, 0.2) is 89.5 Å². The molecule has 4 rings (SSSR count). The van der Waals surface area contributed by atoms with Gasteiger partial charge in [0.05, 0.1) is 4.90 Å². The average Bonchev–Trinajstić information content (AvgIpc) is 2.82. The van der Waals surface area contributed by atoms with Crippen LogP contribution in [-0.2, 0) is 16.6 Å². The number of nitrogens with zero attached hydrogens (tertiary/aromatic N) is 1. The minimum atomic E-state index is -4.01. The third kappa shape index (κ3) is 3.76. The number of hydrogen-bond acceptors (Lipinski definition) is 5. The molecule has 1 amide bonds. The van der Waals surface area contributed by atoms with Gasteiger partial charge in [-0.15, -0.1) is 0 Å². The smallest absolute Gasteiger partial charge is 0.265 e. The number of likely N-dealkylation sites (N-methyl/N-ethyl adjacent to an activating group) is 1. The number of carbonyl (C=O) groups excluding carboxylic acids is 2. The predicted octanol–water partition coefficient (Wildman–Crippen LogP) is 3.36. The molecule has 0 aliphatic carbocycles. The lowest BCUT2D eigenvalue weighted by Gasteiger charge is -2.28. The maximum atomic E-state index is 13.0. The Hall–Kier alpha value is -3.91. The Labute approximate surface area is 185 Å². The normalized spacial score (nSPS) is 16.3. The molecule has 8 heteroatoms. The number of sulfonamides is 1.